The van der Waals surface area contributed by atoms with Gasteiger partial charge in [-0.3, -0.25) is 4.79 Å². The van der Waals surface area contributed by atoms with Crippen LogP contribution in [-0.2, 0) is 0 Å². The van der Waals surface area contributed by atoms with E-state index >= 15 is 0 Å². The molecule has 1 aliphatic rings. The molecule has 0 bridgehead atoms. The van der Waals surface area contributed by atoms with Crippen LogP contribution in [0, 0.1) is 6.92 Å². The van der Waals surface area contributed by atoms with E-state index in [0.717, 1.165) is 24.3 Å². The fourth-order valence-electron chi connectivity index (χ4n) is 3.63. The first kappa shape index (κ1) is 19.3. The van der Waals surface area contributed by atoms with Crippen molar-refractivity contribution in [2.75, 3.05) is 24.5 Å². The summed E-state index contributed by atoms with van der Waals surface area (Å²) in [7, 11) is 0. The van der Waals surface area contributed by atoms with E-state index in [9.17, 15) is 4.79 Å². The number of hydrogen-bond donors (Lipinski definition) is 0. The molecule has 3 heterocycles. The minimum absolute atomic E-state index is 0.0234. The molecule has 3 aromatic rings. The van der Waals surface area contributed by atoms with Gasteiger partial charge in [-0.15, -0.1) is 0 Å². The highest BCUT2D eigenvalue weighted by Crippen LogP contribution is 2.23. The van der Waals surface area contributed by atoms with E-state index in [1.165, 1.54) is 4.80 Å². The molecule has 1 atom stereocenters. The first-order valence-corrected chi connectivity index (χ1v) is 9.93. The number of rotatable bonds is 3. The third kappa shape index (κ3) is 3.93. The molecule has 4 rings (SSSR count). The van der Waals surface area contributed by atoms with Crippen LogP contribution in [0.3, 0.4) is 0 Å². The SMILES string of the molecule is Cc1cnc(Cl)nc1N1CC[C@@H](C)N(C(=O)c2ccccc2-n2nccn2)CC1. The number of halogens is 1. The third-order valence-corrected chi connectivity index (χ3v) is 5.39. The number of anilines is 1. The van der Waals surface area contributed by atoms with E-state index < -0.39 is 0 Å². The Balaban J connectivity index is 1.59. The molecule has 29 heavy (non-hydrogen) atoms. The predicted octanol–water partition coefficient (Wildman–Crippen LogP) is 2.76. The minimum atomic E-state index is -0.0234. The van der Waals surface area contributed by atoms with Crippen molar-refractivity contribution in [1.82, 2.24) is 29.9 Å². The van der Waals surface area contributed by atoms with Gasteiger partial charge in [0, 0.05) is 37.4 Å². The molecule has 0 saturated carbocycles. The van der Waals surface area contributed by atoms with Crippen LogP contribution >= 0.6 is 11.6 Å². The van der Waals surface area contributed by atoms with Gasteiger partial charge in [0.1, 0.15) is 5.82 Å². The third-order valence-electron chi connectivity index (χ3n) is 5.20. The minimum Gasteiger partial charge on any atom is -0.354 e. The van der Waals surface area contributed by atoms with Crippen LogP contribution in [0.4, 0.5) is 5.82 Å². The quantitative estimate of drug-likeness (QED) is 0.616. The monoisotopic (exact) mass is 411 g/mol. The molecule has 150 valence electrons. The van der Waals surface area contributed by atoms with Gasteiger partial charge in [0.2, 0.25) is 5.28 Å². The summed E-state index contributed by atoms with van der Waals surface area (Å²) in [5.41, 5.74) is 2.23. The summed E-state index contributed by atoms with van der Waals surface area (Å²) in [5, 5.41) is 8.60. The van der Waals surface area contributed by atoms with Gasteiger partial charge in [0.05, 0.1) is 23.6 Å². The maximum Gasteiger partial charge on any atom is 0.256 e. The van der Waals surface area contributed by atoms with Crippen LogP contribution in [0.15, 0.2) is 42.9 Å². The highest BCUT2D eigenvalue weighted by atomic mass is 35.5. The van der Waals surface area contributed by atoms with Crippen LogP contribution in [0.5, 0.6) is 0 Å². The Morgan fingerprint density at radius 3 is 2.69 bits per heavy atom. The van der Waals surface area contributed by atoms with Gasteiger partial charge >= 0.3 is 0 Å². The Hall–Kier alpha value is -3.00. The average Bonchev–Trinajstić information content (AvgIpc) is 3.20. The van der Waals surface area contributed by atoms with Crippen molar-refractivity contribution >= 4 is 23.3 Å². The van der Waals surface area contributed by atoms with Crippen molar-refractivity contribution < 1.29 is 4.79 Å². The lowest BCUT2D eigenvalue weighted by molar-refractivity contribution is 0.0705. The highest BCUT2D eigenvalue weighted by molar-refractivity contribution is 6.28. The first-order valence-electron chi connectivity index (χ1n) is 9.55. The summed E-state index contributed by atoms with van der Waals surface area (Å²) < 4.78 is 0. The maximum absolute atomic E-state index is 13.4. The summed E-state index contributed by atoms with van der Waals surface area (Å²) >= 11 is 6.00. The number of carbonyl (C=O) groups is 1. The standard InChI is InChI=1S/C20H22ClN7O/c1-14-13-22-20(21)25-18(14)26-10-7-15(2)27(12-11-26)19(29)16-5-3-4-6-17(16)28-23-8-9-24-28/h3-6,8-9,13,15H,7,10-12H2,1-2H3/t15-/m1/s1. The molecule has 0 radical (unpaired) electrons. The number of carbonyl (C=O) groups excluding carboxylic acids is 1. The zero-order chi connectivity index (χ0) is 20.4. The molecule has 0 unspecified atom stereocenters. The highest BCUT2D eigenvalue weighted by Gasteiger charge is 2.28. The molecule has 1 saturated heterocycles. The number of aryl methyl sites for hydroxylation is 1. The van der Waals surface area contributed by atoms with Crippen LogP contribution < -0.4 is 4.90 Å². The Kier molecular flexibility index (Phi) is 5.44. The number of nitrogens with zero attached hydrogens (tertiary/aromatic N) is 7. The Bertz CT molecular complexity index is 1010. The predicted molar refractivity (Wildman–Crippen MR) is 110 cm³/mol. The lowest BCUT2D eigenvalue weighted by Crippen LogP contribution is -2.40. The van der Waals surface area contributed by atoms with Crippen molar-refractivity contribution in [2.45, 2.75) is 26.3 Å². The average molecular weight is 412 g/mol. The molecule has 1 aromatic carbocycles. The fourth-order valence-corrected chi connectivity index (χ4v) is 3.76. The summed E-state index contributed by atoms with van der Waals surface area (Å²) in [4.78, 5) is 27.4. The van der Waals surface area contributed by atoms with Crippen molar-refractivity contribution in [1.29, 1.82) is 0 Å². The van der Waals surface area contributed by atoms with E-state index in [2.05, 4.69) is 32.0 Å². The van der Waals surface area contributed by atoms with E-state index in [0.29, 0.717) is 24.3 Å². The molecule has 8 nitrogen and oxygen atoms in total. The summed E-state index contributed by atoms with van der Waals surface area (Å²) in [6, 6.07) is 7.51. The zero-order valence-corrected chi connectivity index (χ0v) is 17.1. The molecular weight excluding hydrogens is 390 g/mol. The molecule has 0 N–H and O–H groups in total. The van der Waals surface area contributed by atoms with E-state index in [1.54, 1.807) is 18.6 Å². The summed E-state index contributed by atoms with van der Waals surface area (Å²) in [6.07, 6.45) is 5.76. The molecule has 1 fully saturated rings. The molecular formula is C20H22ClN7O. The molecule has 1 aliphatic heterocycles. The van der Waals surface area contributed by atoms with Gasteiger partial charge in [-0.25, -0.2) is 9.97 Å². The summed E-state index contributed by atoms with van der Waals surface area (Å²) in [6.45, 7) is 6.10. The first-order chi connectivity index (χ1) is 14.0. The maximum atomic E-state index is 13.4. The van der Waals surface area contributed by atoms with Gasteiger partial charge in [-0.2, -0.15) is 15.0 Å². The van der Waals surface area contributed by atoms with E-state index in [-0.39, 0.29) is 17.2 Å². The second-order valence-corrected chi connectivity index (χ2v) is 7.44. The zero-order valence-electron chi connectivity index (χ0n) is 16.4. The lowest BCUT2D eigenvalue weighted by Gasteiger charge is -2.27. The Labute approximate surface area is 174 Å². The second kappa shape index (κ2) is 8.16. The molecule has 2 aromatic heterocycles. The van der Waals surface area contributed by atoms with Crippen LogP contribution in [0.1, 0.15) is 29.3 Å². The van der Waals surface area contributed by atoms with Crippen LogP contribution in [0.2, 0.25) is 5.28 Å². The van der Waals surface area contributed by atoms with Gasteiger partial charge in [0.25, 0.3) is 5.91 Å². The lowest BCUT2D eigenvalue weighted by atomic mass is 10.1. The topological polar surface area (TPSA) is 80.0 Å². The van der Waals surface area contributed by atoms with Crippen molar-refractivity contribution in [2.24, 2.45) is 0 Å². The Morgan fingerprint density at radius 1 is 1.14 bits per heavy atom. The summed E-state index contributed by atoms with van der Waals surface area (Å²) in [5.74, 6) is 0.803. The van der Waals surface area contributed by atoms with Crippen molar-refractivity contribution in [3.63, 3.8) is 0 Å². The smallest absolute Gasteiger partial charge is 0.256 e. The second-order valence-electron chi connectivity index (χ2n) is 7.10. The van der Waals surface area contributed by atoms with Crippen molar-refractivity contribution in [3.05, 3.63) is 59.3 Å². The van der Waals surface area contributed by atoms with Gasteiger partial charge in [-0.1, -0.05) is 12.1 Å². The van der Waals surface area contributed by atoms with Gasteiger partial charge in [-0.05, 0) is 44.0 Å². The largest absolute Gasteiger partial charge is 0.354 e. The van der Waals surface area contributed by atoms with Gasteiger partial charge < -0.3 is 9.80 Å². The van der Waals surface area contributed by atoms with Gasteiger partial charge in [0.15, 0.2) is 0 Å². The van der Waals surface area contributed by atoms with Crippen LogP contribution in [-0.4, -0.2) is 61.4 Å². The number of hydrogen-bond acceptors (Lipinski definition) is 6. The molecule has 9 heteroatoms. The van der Waals surface area contributed by atoms with E-state index in [4.69, 9.17) is 11.6 Å². The Morgan fingerprint density at radius 2 is 1.90 bits per heavy atom. The molecule has 0 spiro atoms. The number of aromatic nitrogens is 5. The molecule has 0 aliphatic carbocycles. The number of benzene rings is 1. The van der Waals surface area contributed by atoms with Crippen molar-refractivity contribution in [3.8, 4) is 5.69 Å². The number of amides is 1. The normalized spacial score (nSPS) is 17.3. The van der Waals surface area contributed by atoms with E-state index in [1.807, 2.05) is 36.1 Å². The fraction of sp³-hybridized carbons (Fsp3) is 0.350. The molecule has 1 amide bonds. The number of para-hydroxylation sites is 1. The van der Waals surface area contributed by atoms with Crippen LogP contribution in [0.25, 0.3) is 5.69 Å².